The number of para-hydroxylation sites is 1. The number of nitrogens with zero attached hydrogens (tertiary/aromatic N) is 2. The number of carbonyl (C=O) groups excluding carboxylic acids is 1. The molecule has 3 aromatic carbocycles. The third-order valence-corrected chi connectivity index (χ3v) is 8.25. The number of benzene rings is 3. The molecule has 6 nitrogen and oxygen atoms in total. The lowest BCUT2D eigenvalue weighted by Crippen LogP contribution is -2.40. The molecule has 1 fully saturated rings. The van der Waals surface area contributed by atoms with Gasteiger partial charge in [0.25, 0.3) is 0 Å². The first-order chi connectivity index (χ1) is 16.8. The number of hydrogen-bond acceptors (Lipinski definition) is 5. The van der Waals surface area contributed by atoms with Crippen molar-refractivity contribution >= 4 is 37.7 Å². The van der Waals surface area contributed by atoms with E-state index in [-0.39, 0.29) is 37.4 Å². The lowest BCUT2D eigenvalue weighted by atomic mass is 9.98. The number of aromatic nitrogens is 1. The van der Waals surface area contributed by atoms with Crippen LogP contribution >= 0.6 is 0 Å². The van der Waals surface area contributed by atoms with Crippen LogP contribution in [0, 0.1) is 17.6 Å². The summed E-state index contributed by atoms with van der Waals surface area (Å²) in [6, 6.07) is 18.1. The Morgan fingerprint density at radius 2 is 1.57 bits per heavy atom. The molecule has 1 aromatic heterocycles. The number of pyridine rings is 1. The topological polar surface area (TPSA) is 76.6 Å². The highest BCUT2D eigenvalue weighted by Gasteiger charge is 2.33. The molecule has 0 amide bonds. The highest BCUT2D eigenvalue weighted by molar-refractivity contribution is 7.89. The smallest absolute Gasteiger partial charge is 0.309 e. The maximum absolute atomic E-state index is 13.5. The van der Waals surface area contributed by atoms with Crippen LogP contribution in [0.3, 0.4) is 0 Å². The van der Waals surface area contributed by atoms with Crippen molar-refractivity contribution in [3.05, 3.63) is 84.1 Å². The summed E-state index contributed by atoms with van der Waals surface area (Å²) in [6.45, 7) is 0.175. The zero-order valence-corrected chi connectivity index (χ0v) is 19.5. The van der Waals surface area contributed by atoms with Crippen LogP contribution in [0.25, 0.3) is 21.7 Å². The highest BCUT2D eigenvalue weighted by Crippen LogP contribution is 2.28. The number of sulfonamides is 1. The zero-order valence-electron chi connectivity index (χ0n) is 18.7. The van der Waals surface area contributed by atoms with E-state index in [0.717, 1.165) is 33.8 Å². The molecule has 35 heavy (non-hydrogen) atoms. The molecule has 4 aromatic rings. The Hall–Kier alpha value is -3.43. The van der Waals surface area contributed by atoms with E-state index in [1.807, 2.05) is 48.5 Å². The first-order valence-electron chi connectivity index (χ1n) is 11.2. The van der Waals surface area contributed by atoms with Crippen LogP contribution in [0.2, 0.25) is 0 Å². The summed E-state index contributed by atoms with van der Waals surface area (Å²) < 4.78 is 59.1. The van der Waals surface area contributed by atoms with Gasteiger partial charge >= 0.3 is 5.97 Å². The van der Waals surface area contributed by atoms with Crippen LogP contribution in [0.4, 0.5) is 8.78 Å². The third kappa shape index (κ3) is 4.49. The van der Waals surface area contributed by atoms with Gasteiger partial charge in [-0.15, -0.1) is 0 Å². The summed E-state index contributed by atoms with van der Waals surface area (Å²) in [5, 5.41) is 2.96. The molecule has 9 heteroatoms. The fraction of sp³-hybridized carbons (Fsp3) is 0.231. The molecular weight excluding hydrogens is 474 g/mol. The highest BCUT2D eigenvalue weighted by atomic mass is 32.2. The second-order valence-electron chi connectivity index (χ2n) is 8.48. The monoisotopic (exact) mass is 496 g/mol. The van der Waals surface area contributed by atoms with Crippen molar-refractivity contribution in [3.8, 4) is 0 Å². The van der Waals surface area contributed by atoms with Crippen LogP contribution in [0.1, 0.15) is 18.5 Å². The minimum absolute atomic E-state index is 0.0115. The predicted molar refractivity (Wildman–Crippen MR) is 127 cm³/mol. The SMILES string of the molecule is O=C(OCc1nc2ccccc2c2ccccc12)C1CCN(S(=O)(=O)c2ccc(F)c(F)c2)CC1. The fourth-order valence-corrected chi connectivity index (χ4v) is 5.94. The number of ether oxygens (including phenoxy) is 1. The van der Waals surface area contributed by atoms with Gasteiger partial charge in [0.1, 0.15) is 6.61 Å². The van der Waals surface area contributed by atoms with Gasteiger partial charge in [-0.25, -0.2) is 22.2 Å². The quantitative estimate of drug-likeness (QED) is 0.293. The summed E-state index contributed by atoms with van der Waals surface area (Å²) in [6.07, 6.45) is 0.543. The number of halogens is 2. The van der Waals surface area contributed by atoms with Crippen LogP contribution in [0.15, 0.2) is 71.6 Å². The normalized spacial score (nSPS) is 15.5. The van der Waals surface area contributed by atoms with Crippen molar-refractivity contribution in [2.75, 3.05) is 13.1 Å². The molecule has 0 N–H and O–H groups in total. The van der Waals surface area contributed by atoms with Gasteiger partial charge in [-0.05, 0) is 42.5 Å². The van der Waals surface area contributed by atoms with Gasteiger partial charge < -0.3 is 4.74 Å². The Kier molecular flexibility index (Phi) is 6.21. The van der Waals surface area contributed by atoms with E-state index in [2.05, 4.69) is 4.98 Å². The summed E-state index contributed by atoms with van der Waals surface area (Å²) in [4.78, 5) is 17.1. The van der Waals surface area contributed by atoms with Gasteiger partial charge in [-0.2, -0.15) is 4.31 Å². The molecular formula is C26H22F2N2O4S. The van der Waals surface area contributed by atoms with Gasteiger partial charge in [-0.3, -0.25) is 4.79 Å². The minimum Gasteiger partial charge on any atom is -0.459 e. The van der Waals surface area contributed by atoms with Crippen molar-refractivity contribution in [2.24, 2.45) is 5.92 Å². The Morgan fingerprint density at radius 1 is 0.914 bits per heavy atom. The molecule has 180 valence electrons. The van der Waals surface area contributed by atoms with Gasteiger partial charge in [0, 0.05) is 23.9 Å². The Bertz CT molecular complexity index is 1530. The minimum atomic E-state index is -3.99. The predicted octanol–water partition coefficient (Wildman–Crippen LogP) is 4.81. The second-order valence-corrected chi connectivity index (χ2v) is 10.4. The first kappa shape index (κ1) is 23.3. The van der Waals surface area contributed by atoms with Crippen molar-refractivity contribution in [1.29, 1.82) is 0 Å². The second kappa shape index (κ2) is 9.31. The van der Waals surface area contributed by atoms with E-state index >= 15 is 0 Å². The molecule has 0 atom stereocenters. The summed E-state index contributed by atoms with van der Waals surface area (Å²) in [5.74, 6) is -3.20. The number of carbonyl (C=O) groups is 1. The molecule has 0 saturated carbocycles. The number of hydrogen-bond donors (Lipinski definition) is 0. The lowest BCUT2D eigenvalue weighted by Gasteiger charge is -2.30. The molecule has 0 aliphatic carbocycles. The first-order valence-corrected chi connectivity index (χ1v) is 12.7. The number of rotatable bonds is 5. The molecule has 2 heterocycles. The van der Waals surface area contributed by atoms with E-state index in [4.69, 9.17) is 4.74 Å². The number of fused-ring (bicyclic) bond motifs is 3. The standard InChI is InChI=1S/C26H22F2N2O4S/c27-22-10-9-18(15-23(22)28)35(32,33)30-13-11-17(12-14-30)26(31)34-16-25-21-7-2-1-5-19(21)20-6-3-4-8-24(20)29-25/h1-10,15,17H,11-14,16H2. The average molecular weight is 497 g/mol. The van der Waals surface area contributed by atoms with Gasteiger partial charge in [-0.1, -0.05) is 42.5 Å². The van der Waals surface area contributed by atoms with E-state index in [0.29, 0.717) is 11.8 Å². The largest absolute Gasteiger partial charge is 0.459 e. The zero-order chi connectivity index (χ0) is 24.6. The molecule has 0 bridgehead atoms. The summed E-state index contributed by atoms with van der Waals surface area (Å²) in [7, 11) is -3.99. The van der Waals surface area contributed by atoms with Crippen LogP contribution in [-0.2, 0) is 26.2 Å². The van der Waals surface area contributed by atoms with E-state index in [1.165, 1.54) is 4.31 Å². The number of esters is 1. The fourth-order valence-electron chi connectivity index (χ4n) is 4.46. The lowest BCUT2D eigenvalue weighted by molar-refractivity contribution is -0.151. The number of piperidine rings is 1. The van der Waals surface area contributed by atoms with Crippen LogP contribution in [-0.4, -0.2) is 36.8 Å². The maximum Gasteiger partial charge on any atom is 0.309 e. The van der Waals surface area contributed by atoms with E-state index in [1.54, 1.807) is 0 Å². The van der Waals surface area contributed by atoms with Gasteiger partial charge in [0.05, 0.1) is 22.0 Å². The van der Waals surface area contributed by atoms with E-state index in [9.17, 15) is 22.0 Å². The summed E-state index contributed by atoms with van der Waals surface area (Å²) in [5.41, 5.74) is 1.47. The third-order valence-electron chi connectivity index (χ3n) is 6.35. The Morgan fingerprint density at radius 3 is 2.29 bits per heavy atom. The molecule has 1 aliphatic rings. The Balaban J connectivity index is 1.26. The molecule has 5 rings (SSSR count). The van der Waals surface area contributed by atoms with Crippen LogP contribution in [0.5, 0.6) is 0 Å². The van der Waals surface area contributed by atoms with Crippen molar-refractivity contribution in [2.45, 2.75) is 24.3 Å². The Labute approximate surface area is 201 Å². The molecule has 1 aliphatic heterocycles. The van der Waals surface area contributed by atoms with Crippen molar-refractivity contribution in [1.82, 2.24) is 9.29 Å². The van der Waals surface area contributed by atoms with Crippen molar-refractivity contribution < 1.29 is 26.7 Å². The summed E-state index contributed by atoms with van der Waals surface area (Å²) >= 11 is 0. The van der Waals surface area contributed by atoms with Gasteiger partial charge in [0.15, 0.2) is 11.6 Å². The van der Waals surface area contributed by atoms with Crippen molar-refractivity contribution in [3.63, 3.8) is 0 Å². The van der Waals surface area contributed by atoms with Crippen LogP contribution < -0.4 is 0 Å². The molecule has 1 saturated heterocycles. The molecule has 0 spiro atoms. The van der Waals surface area contributed by atoms with Gasteiger partial charge in [0.2, 0.25) is 10.0 Å². The average Bonchev–Trinajstić information content (AvgIpc) is 2.88. The molecule has 0 radical (unpaired) electrons. The van der Waals surface area contributed by atoms with E-state index < -0.39 is 33.5 Å². The maximum atomic E-state index is 13.5. The molecule has 0 unspecified atom stereocenters.